The first kappa shape index (κ1) is 15.4. The lowest BCUT2D eigenvalue weighted by molar-refractivity contribution is -0.133. The van der Waals surface area contributed by atoms with Gasteiger partial charge in [0.05, 0.1) is 17.9 Å². The SMILES string of the molecule is CCOc1ccccc1-c1nnc(SCC(=O)O)n1CC. The van der Waals surface area contributed by atoms with Crippen molar-refractivity contribution in [3.8, 4) is 17.1 Å². The molecule has 112 valence electrons. The van der Waals surface area contributed by atoms with E-state index in [1.165, 1.54) is 0 Å². The molecule has 0 aliphatic carbocycles. The van der Waals surface area contributed by atoms with Crippen molar-refractivity contribution < 1.29 is 14.6 Å². The van der Waals surface area contributed by atoms with Crippen LogP contribution in [0.2, 0.25) is 0 Å². The van der Waals surface area contributed by atoms with E-state index in [1.807, 2.05) is 42.7 Å². The van der Waals surface area contributed by atoms with Crippen LogP contribution in [0.15, 0.2) is 29.4 Å². The Hall–Kier alpha value is -2.02. The van der Waals surface area contributed by atoms with Crippen LogP contribution >= 0.6 is 11.8 Å². The van der Waals surface area contributed by atoms with E-state index < -0.39 is 5.97 Å². The van der Waals surface area contributed by atoms with Crippen LogP contribution in [-0.4, -0.2) is 38.2 Å². The van der Waals surface area contributed by atoms with Gasteiger partial charge in [0.1, 0.15) is 5.75 Å². The van der Waals surface area contributed by atoms with E-state index in [0.717, 1.165) is 23.1 Å². The largest absolute Gasteiger partial charge is 0.493 e. The number of carboxylic acid groups (broad SMARTS) is 1. The number of hydrogen-bond donors (Lipinski definition) is 1. The van der Waals surface area contributed by atoms with Crippen molar-refractivity contribution in [1.29, 1.82) is 0 Å². The number of carboxylic acids is 1. The fourth-order valence-electron chi connectivity index (χ4n) is 1.94. The molecule has 21 heavy (non-hydrogen) atoms. The molecule has 0 unspecified atom stereocenters. The Labute approximate surface area is 127 Å². The Morgan fingerprint density at radius 3 is 2.76 bits per heavy atom. The number of para-hydroxylation sites is 1. The molecule has 0 atom stereocenters. The summed E-state index contributed by atoms with van der Waals surface area (Å²) >= 11 is 1.16. The minimum absolute atomic E-state index is 0.0365. The minimum Gasteiger partial charge on any atom is -0.493 e. The first-order valence-corrected chi connectivity index (χ1v) is 7.65. The number of hydrogen-bond acceptors (Lipinski definition) is 5. The van der Waals surface area contributed by atoms with Gasteiger partial charge in [0.15, 0.2) is 11.0 Å². The summed E-state index contributed by atoms with van der Waals surface area (Å²) in [5.74, 6) is 0.527. The second-order valence-corrected chi connectivity index (χ2v) is 5.10. The molecule has 7 heteroatoms. The first-order chi connectivity index (χ1) is 10.2. The zero-order chi connectivity index (χ0) is 15.2. The molecular formula is C14H17N3O3S. The second kappa shape index (κ2) is 7.12. The Morgan fingerprint density at radius 1 is 1.33 bits per heavy atom. The van der Waals surface area contributed by atoms with E-state index in [0.29, 0.717) is 24.1 Å². The molecule has 0 aliphatic heterocycles. The topological polar surface area (TPSA) is 77.2 Å². The van der Waals surface area contributed by atoms with Gasteiger partial charge in [-0.15, -0.1) is 10.2 Å². The molecule has 0 saturated carbocycles. The van der Waals surface area contributed by atoms with Gasteiger partial charge in [0.2, 0.25) is 0 Å². The molecule has 1 aromatic carbocycles. The van der Waals surface area contributed by atoms with Crippen LogP contribution in [-0.2, 0) is 11.3 Å². The summed E-state index contributed by atoms with van der Waals surface area (Å²) < 4.78 is 7.51. The maximum Gasteiger partial charge on any atom is 0.313 e. The lowest BCUT2D eigenvalue weighted by atomic mass is 10.2. The van der Waals surface area contributed by atoms with E-state index in [2.05, 4.69) is 10.2 Å². The number of thioether (sulfide) groups is 1. The molecule has 1 aromatic heterocycles. The number of aliphatic carboxylic acids is 1. The van der Waals surface area contributed by atoms with Crippen LogP contribution < -0.4 is 4.74 Å². The molecule has 0 amide bonds. The third kappa shape index (κ3) is 3.55. The Balaban J connectivity index is 2.38. The Morgan fingerprint density at radius 2 is 2.10 bits per heavy atom. The van der Waals surface area contributed by atoms with Crippen molar-refractivity contribution in [1.82, 2.24) is 14.8 Å². The Bertz CT molecular complexity index is 628. The van der Waals surface area contributed by atoms with Crippen LogP contribution in [0.1, 0.15) is 13.8 Å². The van der Waals surface area contributed by atoms with Crippen LogP contribution in [0.25, 0.3) is 11.4 Å². The lowest BCUT2D eigenvalue weighted by Crippen LogP contribution is -2.04. The summed E-state index contributed by atoms with van der Waals surface area (Å²) in [6, 6.07) is 7.63. The summed E-state index contributed by atoms with van der Waals surface area (Å²) in [6.07, 6.45) is 0. The molecule has 0 bridgehead atoms. The lowest BCUT2D eigenvalue weighted by Gasteiger charge is -2.11. The van der Waals surface area contributed by atoms with Crippen LogP contribution in [0.3, 0.4) is 0 Å². The van der Waals surface area contributed by atoms with Gasteiger partial charge in [-0.1, -0.05) is 23.9 Å². The molecule has 2 aromatic rings. The van der Waals surface area contributed by atoms with E-state index in [-0.39, 0.29) is 5.75 Å². The van der Waals surface area contributed by atoms with E-state index in [9.17, 15) is 4.79 Å². The summed E-state index contributed by atoms with van der Waals surface area (Å²) in [5.41, 5.74) is 0.857. The molecule has 0 fully saturated rings. The zero-order valence-corrected chi connectivity index (χ0v) is 12.8. The van der Waals surface area contributed by atoms with Crippen LogP contribution in [0.5, 0.6) is 5.75 Å². The highest BCUT2D eigenvalue weighted by atomic mass is 32.2. The van der Waals surface area contributed by atoms with Gasteiger partial charge in [0, 0.05) is 6.54 Å². The summed E-state index contributed by atoms with van der Waals surface area (Å²) in [7, 11) is 0. The molecular weight excluding hydrogens is 290 g/mol. The third-order valence-corrected chi connectivity index (χ3v) is 3.74. The van der Waals surface area contributed by atoms with Gasteiger partial charge in [0.25, 0.3) is 0 Å². The molecule has 0 saturated heterocycles. The Kier molecular flexibility index (Phi) is 5.21. The predicted octanol–water partition coefficient (Wildman–Crippen LogP) is 2.54. The van der Waals surface area contributed by atoms with Gasteiger partial charge in [-0.3, -0.25) is 4.79 Å². The number of ether oxygens (including phenoxy) is 1. The normalized spacial score (nSPS) is 10.6. The van der Waals surface area contributed by atoms with Crippen LogP contribution in [0.4, 0.5) is 0 Å². The van der Waals surface area contributed by atoms with Crippen molar-refractivity contribution in [3.05, 3.63) is 24.3 Å². The highest BCUT2D eigenvalue weighted by Gasteiger charge is 2.17. The van der Waals surface area contributed by atoms with Gasteiger partial charge >= 0.3 is 5.97 Å². The molecule has 1 N–H and O–H groups in total. The molecule has 0 aliphatic rings. The smallest absolute Gasteiger partial charge is 0.313 e. The molecule has 6 nitrogen and oxygen atoms in total. The molecule has 1 heterocycles. The minimum atomic E-state index is -0.873. The highest BCUT2D eigenvalue weighted by molar-refractivity contribution is 7.99. The fourth-order valence-corrected chi connectivity index (χ4v) is 2.66. The summed E-state index contributed by atoms with van der Waals surface area (Å²) in [4.78, 5) is 10.7. The van der Waals surface area contributed by atoms with Gasteiger partial charge in [-0.25, -0.2) is 0 Å². The maximum atomic E-state index is 10.7. The van der Waals surface area contributed by atoms with Crippen molar-refractivity contribution >= 4 is 17.7 Å². The van der Waals surface area contributed by atoms with E-state index in [1.54, 1.807) is 0 Å². The van der Waals surface area contributed by atoms with E-state index in [4.69, 9.17) is 9.84 Å². The van der Waals surface area contributed by atoms with E-state index >= 15 is 0 Å². The summed E-state index contributed by atoms with van der Waals surface area (Å²) in [5, 5.41) is 17.7. The fraction of sp³-hybridized carbons (Fsp3) is 0.357. The van der Waals surface area contributed by atoms with Gasteiger partial charge in [-0.2, -0.15) is 0 Å². The zero-order valence-electron chi connectivity index (χ0n) is 11.9. The third-order valence-electron chi connectivity index (χ3n) is 2.79. The standard InChI is InChI=1S/C14H17N3O3S/c1-3-17-13(15-16-14(17)21-9-12(18)19)10-7-5-6-8-11(10)20-4-2/h5-8H,3-4,9H2,1-2H3,(H,18,19). The van der Waals surface area contributed by atoms with Crippen LogP contribution in [0, 0.1) is 0 Å². The number of carbonyl (C=O) groups is 1. The van der Waals surface area contributed by atoms with Crippen molar-refractivity contribution in [3.63, 3.8) is 0 Å². The number of rotatable bonds is 7. The summed E-state index contributed by atoms with van der Waals surface area (Å²) in [6.45, 7) is 5.12. The predicted molar refractivity (Wildman–Crippen MR) is 80.7 cm³/mol. The number of nitrogens with zero attached hydrogens (tertiary/aromatic N) is 3. The van der Waals surface area contributed by atoms with Crippen molar-refractivity contribution in [2.75, 3.05) is 12.4 Å². The van der Waals surface area contributed by atoms with Crippen molar-refractivity contribution in [2.45, 2.75) is 25.5 Å². The number of aromatic nitrogens is 3. The number of benzene rings is 1. The van der Waals surface area contributed by atoms with Gasteiger partial charge in [-0.05, 0) is 26.0 Å². The van der Waals surface area contributed by atoms with Gasteiger partial charge < -0.3 is 14.4 Å². The average molecular weight is 307 g/mol. The molecule has 0 spiro atoms. The molecule has 2 rings (SSSR count). The molecule has 0 radical (unpaired) electrons. The maximum absolute atomic E-state index is 10.7. The highest BCUT2D eigenvalue weighted by Crippen LogP contribution is 2.30. The quantitative estimate of drug-likeness (QED) is 0.792. The monoisotopic (exact) mass is 307 g/mol. The first-order valence-electron chi connectivity index (χ1n) is 6.67. The average Bonchev–Trinajstić information content (AvgIpc) is 2.88. The second-order valence-electron chi connectivity index (χ2n) is 4.16. The van der Waals surface area contributed by atoms with Crippen molar-refractivity contribution in [2.24, 2.45) is 0 Å².